The van der Waals surface area contributed by atoms with Crippen molar-refractivity contribution >= 4 is 11.8 Å². The lowest BCUT2D eigenvalue weighted by atomic mass is 9.97. The van der Waals surface area contributed by atoms with Crippen LogP contribution >= 0.6 is 0 Å². The maximum Gasteiger partial charge on any atom is 0.316 e. The summed E-state index contributed by atoms with van der Waals surface area (Å²) in [6, 6.07) is 15.3. The second kappa shape index (κ2) is 12.0. The molecule has 1 heterocycles. The monoisotopic (exact) mass is 465 g/mol. The van der Waals surface area contributed by atoms with Crippen molar-refractivity contribution in [2.24, 2.45) is 5.92 Å². The molecule has 1 atom stereocenters. The Morgan fingerprint density at radius 1 is 0.912 bits per heavy atom. The predicted octanol–water partition coefficient (Wildman–Crippen LogP) is 5.51. The molecule has 0 fully saturated rings. The molecule has 0 N–H and O–H groups in total. The molecule has 0 spiro atoms. The molecule has 34 heavy (non-hydrogen) atoms. The summed E-state index contributed by atoms with van der Waals surface area (Å²) in [6.45, 7) is 3.43. The molecule has 1 aromatic heterocycles. The fourth-order valence-electron chi connectivity index (χ4n) is 3.71. The van der Waals surface area contributed by atoms with Crippen LogP contribution < -0.4 is 9.47 Å². The van der Waals surface area contributed by atoms with Gasteiger partial charge in [0.25, 0.3) is 0 Å². The van der Waals surface area contributed by atoms with E-state index in [1.165, 1.54) is 6.92 Å². The van der Waals surface area contributed by atoms with Gasteiger partial charge in [0, 0.05) is 17.5 Å². The number of ketones is 1. The summed E-state index contributed by atoms with van der Waals surface area (Å²) in [5, 5.41) is 0. The lowest BCUT2D eigenvalue weighted by Crippen LogP contribution is -2.24. The van der Waals surface area contributed by atoms with Gasteiger partial charge in [-0.2, -0.15) is 0 Å². The minimum atomic E-state index is -0.714. The van der Waals surface area contributed by atoms with Crippen LogP contribution in [0.15, 0.2) is 52.9 Å². The number of Topliss-reactive ketones (excluding diaryl/α,β-unsaturated/α-hetero) is 1. The van der Waals surface area contributed by atoms with Crippen LogP contribution in [-0.2, 0) is 20.7 Å². The van der Waals surface area contributed by atoms with Gasteiger partial charge in [0.15, 0.2) is 11.7 Å². The van der Waals surface area contributed by atoms with E-state index in [0.29, 0.717) is 30.9 Å². The molecule has 0 amide bonds. The Morgan fingerprint density at radius 2 is 1.50 bits per heavy atom. The molecule has 1 unspecified atom stereocenters. The summed E-state index contributed by atoms with van der Waals surface area (Å²) in [4.78, 5) is 28.6. The van der Waals surface area contributed by atoms with Gasteiger partial charge >= 0.3 is 5.97 Å². The summed E-state index contributed by atoms with van der Waals surface area (Å²) >= 11 is 0. The molecule has 3 aromatic rings. The van der Waals surface area contributed by atoms with Gasteiger partial charge in [-0.05, 0) is 75.2 Å². The first-order valence-electron chi connectivity index (χ1n) is 11.4. The van der Waals surface area contributed by atoms with Gasteiger partial charge < -0.3 is 18.6 Å². The molecule has 7 heteroatoms. The van der Waals surface area contributed by atoms with Gasteiger partial charge in [-0.1, -0.05) is 6.42 Å². The smallest absolute Gasteiger partial charge is 0.316 e. The average molecular weight is 466 g/mol. The maximum atomic E-state index is 12.0. The number of nitrogens with zero attached hydrogens (tertiary/aromatic N) is 1. The van der Waals surface area contributed by atoms with E-state index in [4.69, 9.17) is 23.6 Å². The molecule has 3 rings (SSSR count). The summed E-state index contributed by atoms with van der Waals surface area (Å²) in [7, 11) is 3.26. The molecule has 0 aliphatic heterocycles. The van der Waals surface area contributed by atoms with Crippen LogP contribution in [0.1, 0.15) is 39.0 Å². The minimum absolute atomic E-state index is 0.168. The number of methoxy groups -OCH3 is 2. The zero-order valence-electron chi connectivity index (χ0n) is 20.1. The predicted molar refractivity (Wildman–Crippen MR) is 129 cm³/mol. The van der Waals surface area contributed by atoms with E-state index in [1.807, 2.05) is 48.5 Å². The topological polar surface area (TPSA) is 87.9 Å². The average Bonchev–Trinajstić information content (AvgIpc) is 3.28. The summed E-state index contributed by atoms with van der Waals surface area (Å²) in [6.07, 6.45) is 2.45. The number of benzene rings is 2. The molecule has 0 radical (unpaired) electrons. The Balaban J connectivity index is 1.77. The van der Waals surface area contributed by atoms with Crippen LogP contribution in [0.4, 0.5) is 0 Å². The van der Waals surface area contributed by atoms with Crippen molar-refractivity contribution in [3.63, 3.8) is 0 Å². The molecule has 0 saturated carbocycles. The molecule has 2 aromatic carbocycles. The Bertz CT molecular complexity index is 1020. The number of aryl methyl sites for hydroxylation is 1. The summed E-state index contributed by atoms with van der Waals surface area (Å²) in [5.41, 5.74) is 2.56. The molecule has 7 nitrogen and oxygen atoms in total. The molecule has 0 bridgehead atoms. The first kappa shape index (κ1) is 25.0. The Labute approximate surface area is 200 Å². The van der Waals surface area contributed by atoms with Crippen LogP contribution in [0, 0.1) is 5.92 Å². The van der Waals surface area contributed by atoms with E-state index >= 15 is 0 Å². The number of oxazole rings is 1. The third-order valence-corrected chi connectivity index (χ3v) is 5.58. The van der Waals surface area contributed by atoms with Gasteiger partial charge in [0.2, 0.25) is 0 Å². The van der Waals surface area contributed by atoms with Crippen LogP contribution in [0.3, 0.4) is 0 Å². The molecule has 180 valence electrons. The fraction of sp³-hybridized carbons (Fsp3) is 0.370. The first-order valence-corrected chi connectivity index (χ1v) is 11.4. The lowest BCUT2D eigenvalue weighted by molar-refractivity contribution is -0.151. The molecular weight excluding hydrogens is 434 g/mol. The van der Waals surface area contributed by atoms with E-state index in [2.05, 4.69) is 0 Å². The van der Waals surface area contributed by atoms with E-state index in [0.717, 1.165) is 34.7 Å². The van der Waals surface area contributed by atoms with E-state index in [1.54, 1.807) is 21.1 Å². The van der Waals surface area contributed by atoms with Crippen LogP contribution in [0.2, 0.25) is 0 Å². The van der Waals surface area contributed by atoms with Crippen LogP contribution in [0.5, 0.6) is 11.5 Å². The quantitative estimate of drug-likeness (QED) is 0.198. The summed E-state index contributed by atoms with van der Waals surface area (Å²) in [5.74, 6) is 1.47. The van der Waals surface area contributed by atoms with Gasteiger partial charge in [-0.3, -0.25) is 9.59 Å². The highest BCUT2D eigenvalue weighted by molar-refractivity contribution is 5.97. The Kier molecular flexibility index (Phi) is 8.85. The van der Waals surface area contributed by atoms with E-state index in [-0.39, 0.29) is 12.4 Å². The standard InChI is InChI=1S/C27H31NO6/c1-5-33-27(30)23(18(2)29)8-6-7-9-24-28-25(19-10-14-21(31-3)15-11-19)26(34-24)20-12-16-22(32-4)17-13-20/h10-17,23H,5-9H2,1-4H3. The van der Waals surface area contributed by atoms with Gasteiger partial charge in [0.05, 0.1) is 20.8 Å². The molecular formula is C27H31NO6. The van der Waals surface area contributed by atoms with Crippen molar-refractivity contribution in [1.82, 2.24) is 4.98 Å². The third-order valence-electron chi connectivity index (χ3n) is 5.58. The molecule has 0 aliphatic rings. The van der Waals surface area contributed by atoms with Gasteiger partial charge in [-0.25, -0.2) is 4.98 Å². The second-order valence-corrected chi connectivity index (χ2v) is 7.90. The van der Waals surface area contributed by atoms with Crippen molar-refractivity contribution in [1.29, 1.82) is 0 Å². The molecule has 0 aliphatic carbocycles. The van der Waals surface area contributed by atoms with Crippen molar-refractivity contribution in [3.05, 3.63) is 54.4 Å². The number of carbonyl (C=O) groups is 2. The number of unbranched alkanes of at least 4 members (excludes halogenated alkanes) is 1. The highest BCUT2D eigenvalue weighted by Crippen LogP contribution is 2.34. The van der Waals surface area contributed by atoms with Crippen molar-refractivity contribution in [2.75, 3.05) is 20.8 Å². The van der Waals surface area contributed by atoms with Crippen LogP contribution in [0.25, 0.3) is 22.6 Å². The number of carbonyl (C=O) groups excluding carboxylic acids is 2. The SMILES string of the molecule is CCOC(=O)C(CCCCc1nc(-c2ccc(OC)cc2)c(-c2ccc(OC)cc2)o1)C(C)=O. The summed E-state index contributed by atoms with van der Waals surface area (Å²) < 4.78 is 21.7. The third kappa shape index (κ3) is 6.25. The number of hydrogen-bond acceptors (Lipinski definition) is 7. The maximum absolute atomic E-state index is 12.0. The zero-order chi connectivity index (χ0) is 24.5. The van der Waals surface area contributed by atoms with Crippen LogP contribution in [-0.4, -0.2) is 37.6 Å². The number of ether oxygens (including phenoxy) is 3. The van der Waals surface area contributed by atoms with E-state index < -0.39 is 11.9 Å². The molecule has 0 saturated heterocycles. The Morgan fingerprint density at radius 3 is 2.03 bits per heavy atom. The van der Waals surface area contributed by atoms with Crippen molar-refractivity contribution in [3.8, 4) is 34.1 Å². The number of rotatable bonds is 12. The largest absolute Gasteiger partial charge is 0.497 e. The van der Waals surface area contributed by atoms with Gasteiger partial charge in [0.1, 0.15) is 28.9 Å². The number of esters is 1. The minimum Gasteiger partial charge on any atom is -0.497 e. The fourth-order valence-corrected chi connectivity index (χ4v) is 3.71. The van der Waals surface area contributed by atoms with Crippen molar-refractivity contribution < 1.29 is 28.2 Å². The highest BCUT2D eigenvalue weighted by atomic mass is 16.5. The van der Waals surface area contributed by atoms with E-state index in [9.17, 15) is 9.59 Å². The normalized spacial score (nSPS) is 11.6. The van der Waals surface area contributed by atoms with Crippen molar-refractivity contribution in [2.45, 2.75) is 39.5 Å². The second-order valence-electron chi connectivity index (χ2n) is 7.90. The number of hydrogen-bond donors (Lipinski definition) is 0. The lowest BCUT2D eigenvalue weighted by Gasteiger charge is -2.11. The van der Waals surface area contributed by atoms with Gasteiger partial charge in [-0.15, -0.1) is 0 Å². The highest BCUT2D eigenvalue weighted by Gasteiger charge is 2.24. The number of aromatic nitrogens is 1. The Hall–Kier alpha value is -3.61. The first-order chi connectivity index (χ1) is 16.5. The zero-order valence-corrected chi connectivity index (χ0v) is 20.1.